The van der Waals surface area contributed by atoms with E-state index in [4.69, 9.17) is 10.5 Å². The Labute approximate surface area is 205 Å². The lowest BCUT2D eigenvalue weighted by Gasteiger charge is -2.35. The second-order valence-corrected chi connectivity index (χ2v) is 11.6. The van der Waals surface area contributed by atoms with Crippen molar-refractivity contribution < 1.29 is 42.1 Å². The quantitative estimate of drug-likeness (QED) is 0.394. The number of carbonyl (C=O) groups is 2. The third kappa shape index (κ3) is 5.52. The van der Waals surface area contributed by atoms with Gasteiger partial charge in [-0.25, -0.2) is 0 Å². The van der Waals surface area contributed by atoms with Crippen molar-refractivity contribution in [3.63, 3.8) is 0 Å². The van der Waals surface area contributed by atoms with Gasteiger partial charge in [0.15, 0.2) is 12.4 Å². The fourth-order valence-electron chi connectivity index (χ4n) is 4.04. The first-order valence-corrected chi connectivity index (χ1v) is 12.6. The molecule has 1 aromatic rings. The zero-order chi connectivity index (χ0) is 27.2. The van der Waals surface area contributed by atoms with Crippen molar-refractivity contribution in [1.82, 2.24) is 4.90 Å². The van der Waals surface area contributed by atoms with Crippen LogP contribution in [0.25, 0.3) is 0 Å². The average Bonchev–Trinajstić information content (AvgIpc) is 2.98. The van der Waals surface area contributed by atoms with Crippen LogP contribution in [0.1, 0.15) is 34.1 Å². The van der Waals surface area contributed by atoms with Gasteiger partial charge < -0.3 is 30.7 Å². The monoisotopic (exact) mass is 532 g/mol. The first-order chi connectivity index (χ1) is 16.4. The maximum atomic E-state index is 13.3. The lowest BCUT2D eigenvalue weighted by Crippen LogP contribution is -2.45. The van der Waals surface area contributed by atoms with Gasteiger partial charge in [-0.1, -0.05) is 27.7 Å². The number of nitrogens with two attached hydrogens (primary N) is 1. The Balaban J connectivity index is 1.96. The van der Waals surface area contributed by atoms with E-state index in [1.54, 1.807) is 20.8 Å². The minimum atomic E-state index is -4.48. The Morgan fingerprint density at radius 3 is 2.53 bits per heavy atom. The van der Waals surface area contributed by atoms with E-state index in [1.807, 2.05) is 0 Å². The summed E-state index contributed by atoms with van der Waals surface area (Å²) in [5, 5.41) is 13.6. The van der Waals surface area contributed by atoms with Gasteiger partial charge in [0.2, 0.25) is 0 Å². The molecule has 2 aliphatic heterocycles. The fourth-order valence-corrected chi connectivity index (χ4v) is 5.31. The highest BCUT2D eigenvalue weighted by Gasteiger charge is 2.49. The van der Waals surface area contributed by atoms with Crippen LogP contribution < -0.4 is 21.1 Å². The lowest BCUT2D eigenvalue weighted by molar-refractivity contribution is -0.173. The van der Waals surface area contributed by atoms with E-state index in [9.17, 15) is 37.3 Å². The Morgan fingerprint density at radius 1 is 1.33 bits per heavy atom. The van der Waals surface area contributed by atoms with Gasteiger partial charge in [0, 0.05) is 6.54 Å². The van der Waals surface area contributed by atoms with E-state index in [-0.39, 0.29) is 34.7 Å². The van der Waals surface area contributed by atoms with Gasteiger partial charge in [-0.2, -0.15) is 17.9 Å². The van der Waals surface area contributed by atoms with Crippen molar-refractivity contribution in [2.75, 3.05) is 18.5 Å². The maximum absolute atomic E-state index is 13.3. The van der Waals surface area contributed by atoms with Crippen LogP contribution >= 0.6 is 7.52 Å². The molecule has 0 saturated carbocycles. The highest BCUT2D eigenvalue weighted by atomic mass is 31.2. The maximum Gasteiger partial charge on any atom is 0.391 e. The van der Waals surface area contributed by atoms with Gasteiger partial charge in [0.1, 0.15) is 17.1 Å². The van der Waals surface area contributed by atoms with Crippen molar-refractivity contribution in [3.8, 4) is 5.75 Å². The number of aliphatic hydroxyl groups excluding tert-OH is 1. The summed E-state index contributed by atoms with van der Waals surface area (Å²) < 4.78 is 61.1. The van der Waals surface area contributed by atoms with Crippen LogP contribution in [-0.4, -0.2) is 57.9 Å². The topological polar surface area (TPSA) is 155 Å². The predicted octanol–water partition coefficient (Wildman–Crippen LogP) is 2.84. The summed E-state index contributed by atoms with van der Waals surface area (Å²) in [7, 11) is -4.48. The molecule has 2 amide bonds. The van der Waals surface area contributed by atoms with Crippen LogP contribution in [0.3, 0.4) is 0 Å². The standard InChI is InChI=1S/C22H28F3N4O6P/c1-11(22(23,24)25)7-8-29-18(21(2,3)4)17(31)16(20(29)32)19-27-13-6-5-12(35-10-15(26)30)9-14(13)36(33,34)28-19/h5-6,9,11,18,31H,7-8,10H2,1-4H3,(H2,26,30)(H2,27,28,33,34). The van der Waals surface area contributed by atoms with Crippen LogP contribution in [0.5, 0.6) is 5.75 Å². The molecule has 0 aliphatic carbocycles. The van der Waals surface area contributed by atoms with Crippen LogP contribution in [0.4, 0.5) is 18.9 Å². The smallest absolute Gasteiger partial charge is 0.391 e. The molecule has 10 nitrogen and oxygen atoms in total. The molecule has 3 atom stereocenters. The molecule has 0 fully saturated rings. The summed E-state index contributed by atoms with van der Waals surface area (Å²) in [5.74, 6) is -3.98. The van der Waals surface area contributed by atoms with Crippen LogP contribution in [0.15, 0.2) is 34.3 Å². The number of hydrogen-bond acceptors (Lipinski definition) is 6. The third-order valence-electron chi connectivity index (χ3n) is 5.87. The van der Waals surface area contributed by atoms with Crippen molar-refractivity contribution in [3.05, 3.63) is 29.5 Å². The van der Waals surface area contributed by atoms with Crippen LogP contribution in [0.2, 0.25) is 0 Å². The van der Waals surface area contributed by atoms with Crippen molar-refractivity contribution in [2.45, 2.75) is 46.3 Å². The number of halogens is 3. The molecule has 0 bridgehead atoms. The second kappa shape index (κ2) is 9.44. The van der Waals surface area contributed by atoms with E-state index >= 15 is 0 Å². The number of alkyl halides is 3. The largest absolute Gasteiger partial charge is 0.509 e. The third-order valence-corrected chi connectivity index (χ3v) is 7.34. The van der Waals surface area contributed by atoms with Gasteiger partial charge in [-0.15, -0.1) is 0 Å². The number of carbonyl (C=O) groups excluding carboxylic acids is 2. The van der Waals surface area contributed by atoms with Gasteiger partial charge in [0.25, 0.3) is 11.8 Å². The number of fused-ring (bicyclic) bond motifs is 1. The summed E-state index contributed by atoms with van der Waals surface area (Å²) >= 11 is 0. The van der Waals surface area contributed by atoms with Crippen LogP contribution in [0, 0.1) is 11.3 Å². The van der Waals surface area contributed by atoms with E-state index in [0.29, 0.717) is 0 Å². The molecule has 0 radical (unpaired) electrons. The molecule has 36 heavy (non-hydrogen) atoms. The number of rotatable bonds is 7. The summed E-state index contributed by atoms with van der Waals surface area (Å²) in [6.07, 6.45) is -4.84. The number of benzene rings is 1. The second-order valence-electron chi connectivity index (χ2n) is 9.81. The molecule has 1 aromatic carbocycles. The Kier molecular flexibility index (Phi) is 7.22. The average molecular weight is 532 g/mol. The van der Waals surface area contributed by atoms with Crippen molar-refractivity contribution in [1.29, 1.82) is 0 Å². The zero-order valence-electron chi connectivity index (χ0n) is 20.1. The number of aliphatic hydroxyl groups is 1. The van der Waals surface area contributed by atoms with Gasteiger partial charge >= 0.3 is 13.7 Å². The van der Waals surface area contributed by atoms with Crippen molar-refractivity contribution in [2.24, 2.45) is 21.8 Å². The molecule has 0 saturated heterocycles. The SMILES string of the molecule is CC(CCN1C(=O)C(C2=NP(=O)(O)c3cc(OCC(N)=O)ccc3N2)=C(O)C1C(C)(C)C)C(F)(F)F. The first-order valence-electron chi connectivity index (χ1n) is 11.0. The number of anilines is 1. The van der Waals surface area contributed by atoms with E-state index in [2.05, 4.69) is 10.1 Å². The Hall–Kier alpha value is -3.05. The van der Waals surface area contributed by atoms with Gasteiger partial charge in [-0.05, 0) is 30.0 Å². The van der Waals surface area contributed by atoms with E-state index < -0.39 is 61.7 Å². The molecule has 3 unspecified atom stereocenters. The number of nitrogens with one attached hydrogen (secondary N) is 1. The number of amides is 2. The minimum absolute atomic E-state index is 0.0824. The number of nitrogens with zero attached hydrogens (tertiary/aromatic N) is 2. The summed E-state index contributed by atoms with van der Waals surface area (Å²) in [6, 6.07) is 2.98. The highest BCUT2D eigenvalue weighted by molar-refractivity contribution is 7.65. The molecule has 2 heterocycles. The van der Waals surface area contributed by atoms with Gasteiger partial charge in [0.05, 0.1) is 23.0 Å². The normalized spacial score (nSPS) is 23.2. The molecule has 2 aliphatic rings. The first kappa shape index (κ1) is 27.5. The molecule has 3 rings (SSSR count). The van der Waals surface area contributed by atoms with Gasteiger partial charge in [-0.3, -0.25) is 14.2 Å². The number of hydrogen-bond donors (Lipinski definition) is 4. The van der Waals surface area contributed by atoms with E-state index in [0.717, 1.165) is 11.8 Å². The molecule has 0 aromatic heterocycles. The molecular formula is C22H28F3N4O6P. The molecular weight excluding hydrogens is 504 g/mol. The molecule has 0 spiro atoms. The minimum Gasteiger partial charge on any atom is -0.509 e. The Morgan fingerprint density at radius 2 is 1.97 bits per heavy atom. The summed E-state index contributed by atoms with van der Waals surface area (Å²) in [5.41, 5.74) is 3.98. The summed E-state index contributed by atoms with van der Waals surface area (Å²) in [6.45, 7) is 5.38. The predicted molar refractivity (Wildman–Crippen MR) is 126 cm³/mol. The van der Waals surface area contributed by atoms with Crippen molar-refractivity contribution >= 4 is 36.2 Å². The molecule has 14 heteroatoms. The highest BCUT2D eigenvalue weighted by Crippen LogP contribution is 2.48. The Bertz CT molecular complexity index is 1190. The van der Waals surface area contributed by atoms with E-state index in [1.165, 1.54) is 18.2 Å². The summed E-state index contributed by atoms with van der Waals surface area (Å²) in [4.78, 5) is 36.0. The lowest BCUT2D eigenvalue weighted by atomic mass is 9.85. The molecule has 198 valence electrons. The number of ether oxygens (including phenoxy) is 1. The number of amidine groups is 1. The zero-order valence-corrected chi connectivity index (χ0v) is 21.0. The number of primary amides is 1. The molecule has 5 N–H and O–H groups in total. The fraction of sp³-hybridized carbons (Fsp3) is 0.500. The van der Waals surface area contributed by atoms with Crippen LogP contribution in [-0.2, 0) is 14.2 Å².